The van der Waals surface area contributed by atoms with Crippen molar-refractivity contribution in [3.05, 3.63) is 58.9 Å². The van der Waals surface area contributed by atoms with Crippen molar-refractivity contribution >= 4 is 22.6 Å². The lowest BCUT2D eigenvalue weighted by atomic mass is 10.1. The van der Waals surface area contributed by atoms with E-state index in [2.05, 4.69) is 50.6 Å². The Hall–Kier alpha value is -2.70. The molecule has 4 rings (SSSR count). The average molecular weight is 406 g/mol. The summed E-state index contributed by atoms with van der Waals surface area (Å²) in [6.07, 6.45) is 1.94. The highest BCUT2D eigenvalue weighted by atomic mass is 16.2. The van der Waals surface area contributed by atoms with Crippen molar-refractivity contribution in [3.63, 3.8) is 0 Å². The van der Waals surface area contributed by atoms with E-state index >= 15 is 0 Å². The Morgan fingerprint density at radius 1 is 0.933 bits per heavy atom. The molecule has 1 amide bonds. The van der Waals surface area contributed by atoms with Crippen LogP contribution in [0.25, 0.3) is 11.0 Å². The number of fused-ring (bicyclic) bond motifs is 1. The summed E-state index contributed by atoms with van der Waals surface area (Å²) in [5, 5.41) is 3.10. The van der Waals surface area contributed by atoms with Crippen molar-refractivity contribution in [1.29, 1.82) is 0 Å². The van der Waals surface area contributed by atoms with Crippen LogP contribution in [0.4, 0.5) is 5.69 Å². The summed E-state index contributed by atoms with van der Waals surface area (Å²) in [5.41, 5.74) is 7.97. The Labute approximate surface area is 178 Å². The highest BCUT2D eigenvalue weighted by molar-refractivity contribution is 5.93. The number of aryl methyl sites for hydroxylation is 4. The molecule has 1 saturated heterocycles. The Balaban J connectivity index is 1.31. The van der Waals surface area contributed by atoms with Crippen LogP contribution in [-0.4, -0.2) is 58.0 Å². The molecular formula is C24H31N5O. The number of hydrogen-bond donors (Lipinski definition) is 1. The zero-order chi connectivity index (χ0) is 21.3. The second-order valence-corrected chi connectivity index (χ2v) is 8.49. The maximum absolute atomic E-state index is 12.6. The molecule has 0 spiro atoms. The number of amides is 1. The molecule has 0 saturated carbocycles. The van der Waals surface area contributed by atoms with E-state index in [9.17, 15) is 4.79 Å². The van der Waals surface area contributed by atoms with Crippen LogP contribution >= 0.6 is 0 Å². The smallest absolute Gasteiger partial charge is 0.238 e. The minimum atomic E-state index is 0.0623. The third-order valence-electron chi connectivity index (χ3n) is 6.17. The van der Waals surface area contributed by atoms with Gasteiger partial charge in [-0.1, -0.05) is 18.2 Å². The third-order valence-corrected chi connectivity index (χ3v) is 6.17. The summed E-state index contributed by atoms with van der Waals surface area (Å²) in [5.74, 6) is 0.0623. The van der Waals surface area contributed by atoms with E-state index in [1.165, 1.54) is 16.6 Å². The van der Waals surface area contributed by atoms with Crippen molar-refractivity contribution in [1.82, 2.24) is 19.4 Å². The number of nitrogens with zero attached hydrogens (tertiary/aromatic N) is 4. The van der Waals surface area contributed by atoms with Crippen molar-refractivity contribution in [2.45, 2.75) is 34.4 Å². The molecule has 1 aromatic heterocycles. The van der Waals surface area contributed by atoms with Gasteiger partial charge >= 0.3 is 0 Å². The van der Waals surface area contributed by atoms with E-state index < -0.39 is 0 Å². The van der Waals surface area contributed by atoms with Crippen molar-refractivity contribution in [2.75, 3.05) is 38.0 Å². The van der Waals surface area contributed by atoms with Crippen LogP contribution < -0.4 is 5.32 Å². The molecule has 1 fully saturated rings. The Morgan fingerprint density at radius 3 is 2.27 bits per heavy atom. The number of hydrogen-bond acceptors (Lipinski definition) is 4. The standard InChI is InChI=1S/C24H31N5O/c1-17-6-5-7-18(2)24(17)26-23(30)14-27-8-10-28(11-9-27)16-29-15-25-21-12-19(3)20(4)13-22(21)29/h5-7,12-13,15H,8-11,14,16H2,1-4H3,(H,26,30). The topological polar surface area (TPSA) is 53.4 Å². The summed E-state index contributed by atoms with van der Waals surface area (Å²) in [7, 11) is 0. The Morgan fingerprint density at radius 2 is 1.57 bits per heavy atom. The van der Waals surface area contributed by atoms with Gasteiger partial charge in [0.1, 0.15) is 0 Å². The quantitative estimate of drug-likeness (QED) is 0.706. The van der Waals surface area contributed by atoms with E-state index in [0.717, 1.165) is 55.2 Å². The molecule has 158 valence electrons. The first-order valence-electron chi connectivity index (χ1n) is 10.6. The normalized spacial score (nSPS) is 15.6. The van der Waals surface area contributed by atoms with Gasteiger partial charge in [-0.15, -0.1) is 0 Å². The van der Waals surface area contributed by atoms with Gasteiger partial charge in [-0.3, -0.25) is 14.6 Å². The fourth-order valence-electron chi connectivity index (χ4n) is 4.12. The van der Waals surface area contributed by atoms with Crippen molar-refractivity contribution in [2.24, 2.45) is 0 Å². The monoisotopic (exact) mass is 405 g/mol. The van der Waals surface area contributed by atoms with Gasteiger partial charge in [-0.2, -0.15) is 0 Å². The van der Waals surface area contributed by atoms with Gasteiger partial charge in [0, 0.05) is 31.9 Å². The summed E-state index contributed by atoms with van der Waals surface area (Å²) in [4.78, 5) is 21.8. The summed E-state index contributed by atoms with van der Waals surface area (Å²) >= 11 is 0. The number of rotatable bonds is 5. The molecule has 6 heteroatoms. The first-order valence-corrected chi connectivity index (χ1v) is 10.6. The van der Waals surface area contributed by atoms with Crippen LogP contribution in [0.5, 0.6) is 0 Å². The lowest BCUT2D eigenvalue weighted by Crippen LogP contribution is -2.48. The number of para-hydroxylation sites is 1. The van der Waals surface area contributed by atoms with Crippen LogP contribution in [-0.2, 0) is 11.5 Å². The number of nitrogens with one attached hydrogen (secondary N) is 1. The minimum Gasteiger partial charge on any atom is -0.324 e. The van der Waals surface area contributed by atoms with Crippen LogP contribution in [0.15, 0.2) is 36.7 Å². The second kappa shape index (κ2) is 8.58. The van der Waals surface area contributed by atoms with Gasteiger partial charge < -0.3 is 9.88 Å². The predicted octanol–water partition coefficient (Wildman–Crippen LogP) is 3.48. The maximum Gasteiger partial charge on any atom is 0.238 e. The second-order valence-electron chi connectivity index (χ2n) is 8.49. The van der Waals surface area contributed by atoms with Crippen molar-refractivity contribution < 1.29 is 4.79 Å². The molecule has 0 bridgehead atoms. The predicted molar refractivity (Wildman–Crippen MR) is 122 cm³/mol. The fourth-order valence-corrected chi connectivity index (χ4v) is 4.12. The minimum absolute atomic E-state index is 0.0623. The van der Waals surface area contributed by atoms with Gasteiger partial charge in [0.25, 0.3) is 0 Å². The third kappa shape index (κ3) is 4.40. The van der Waals surface area contributed by atoms with E-state index in [1.807, 2.05) is 38.4 Å². The van der Waals surface area contributed by atoms with Gasteiger partial charge in [0.15, 0.2) is 0 Å². The summed E-state index contributed by atoms with van der Waals surface area (Å²) < 4.78 is 2.23. The van der Waals surface area contributed by atoms with Gasteiger partial charge in [-0.25, -0.2) is 4.98 Å². The average Bonchev–Trinajstić information content (AvgIpc) is 3.08. The fraction of sp³-hybridized carbons (Fsp3) is 0.417. The number of piperazine rings is 1. The van der Waals surface area contributed by atoms with E-state index in [1.54, 1.807) is 0 Å². The molecule has 2 heterocycles. The van der Waals surface area contributed by atoms with E-state index in [4.69, 9.17) is 0 Å². The van der Waals surface area contributed by atoms with Gasteiger partial charge in [0.2, 0.25) is 5.91 Å². The molecule has 1 aliphatic heterocycles. The molecule has 3 aromatic rings. The Bertz CT molecular complexity index is 1040. The lowest BCUT2D eigenvalue weighted by Gasteiger charge is -2.34. The molecule has 6 nitrogen and oxygen atoms in total. The Kier molecular flexibility index (Phi) is 5.88. The molecule has 0 unspecified atom stereocenters. The molecular weight excluding hydrogens is 374 g/mol. The van der Waals surface area contributed by atoms with Gasteiger partial charge in [-0.05, 0) is 62.1 Å². The number of aromatic nitrogens is 2. The largest absolute Gasteiger partial charge is 0.324 e. The number of imidazole rings is 1. The molecule has 1 N–H and O–H groups in total. The van der Waals surface area contributed by atoms with Crippen molar-refractivity contribution in [3.8, 4) is 0 Å². The van der Waals surface area contributed by atoms with E-state index in [-0.39, 0.29) is 5.91 Å². The number of carbonyl (C=O) groups is 1. The zero-order valence-electron chi connectivity index (χ0n) is 18.4. The first kappa shape index (κ1) is 20.6. The molecule has 30 heavy (non-hydrogen) atoms. The SMILES string of the molecule is Cc1cc2ncn(CN3CCN(CC(=O)Nc4c(C)cccc4C)CC3)c2cc1C. The van der Waals surface area contributed by atoms with Crippen LogP contribution in [0, 0.1) is 27.7 Å². The number of carbonyl (C=O) groups excluding carboxylic acids is 1. The molecule has 0 atom stereocenters. The maximum atomic E-state index is 12.6. The summed E-state index contributed by atoms with van der Waals surface area (Å²) in [6.45, 7) is 13.3. The highest BCUT2D eigenvalue weighted by Crippen LogP contribution is 2.20. The number of benzene rings is 2. The van der Waals surface area contributed by atoms with Gasteiger partial charge in [0.05, 0.1) is 30.6 Å². The zero-order valence-corrected chi connectivity index (χ0v) is 18.4. The highest BCUT2D eigenvalue weighted by Gasteiger charge is 2.20. The summed E-state index contributed by atoms with van der Waals surface area (Å²) in [6, 6.07) is 10.5. The first-order chi connectivity index (χ1) is 14.4. The lowest BCUT2D eigenvalue weighted by molar-refractivity contribution is -0.117. The van der Waals surface area contributed by atoms with Crippen LogP contribution in [0.1, 0.15) is 22.3 Å². The molecule has 2 aromatic carbocycles. The molecule has 0 aliphatic carbocycles. The molecule has 1 aliphatic rings. The molecule has 0 radical (unpaired) electrons. The van der Waals surface area contributed by atoms with Crippen LogP contribution in [0.2, 0.25) is 0 Å². The van der Waals surface area contributed by atoms with Crippen LogP contribution in [0.3, 0.4) is 0 Å². The van der Waals surface area contributed by atoms with E-state index in [0.29, 0.717) is 6.54 Å². The number of anilines is 1.